The minimum absolute atomic E-state index is 0.797. The van der Waals surface area contributed by atoms with Gasteiger partial charge in [-0.3, -0.25) is 0 Å². The van der Waals surface area contributed by atoms with Gasteiger partial charge in [0.05, 0.1) is 0 Å². The summed E-state index contributed by atoms with van der Waals surface area (Å²) in [5.41, 5.74) is 1.20. The third-order valence-electron chi connectivity index (χ3n) is 3.18. The molecule has 2 N–H and O–H groups in total. The van der Waals surface area contributed by atoms with Crippen LogP contribution in [0.2, 0.25) is 0 Å². The number of hydrogen-bond acceptors (Lipinski definition) is 4. The van der Waals surface area contributed by atoms with Crippen molar-refractivity contribution in [2.24, 2.45) is 5.92 Å². The molecule has 0 saturated heterocycles. The highest BCUT2D eigenvalue weighted by molar-refractivity contribution is 5.57. The van der Waals surface area contributed by atoms with Gasteiger partial charge in [0.15, 0.2) is 0 Å². The number of unbranched alkanes of at least 4 members (excludes halogenated alkanes) is 1. The maximum absolute atomic E-state index is 4.38. The fourth-order valence-electron chi connectivity index (χ4n) is 2.15. The van der Waals surface area contributed by atoms with Crippen LogP contribution in [0.4, 0.5) is 11.6 Å². The number of hydrogen-bond donors (Lipinski definition) is 2. The molecule has 0 unspecified atom stereocenters. The minimum atomic E-state index is 0.797. The van der Waals surface area contributed by atoms with E-state index in [4.69, 9.17) is 0 Å². The maximum Gasteiger partial charge on any atom is 0.134 e. The Morgan fingerprint density at radius 2 is 1.89 bits per heavy atom. The summed E-state index contributed by atoms with van der Waals surface area (Å²) in [6.45, 7) is 7.72. The van der Waals surface area contributed by atoms with Gasteiger partial charge in [-0.15, -0.1) is 0 Å². The zero-order chi connectivity index (χ0) is 14.1. The highest BCUT2D eigenvalue weighted by atomic mass is 15.1. The van der Waals surface area contributed by atoms with Gasteiger partial charge < -0.3 is 10.6 Å². The smallest absolute Gasteiger partial charge is 0.134 e. The van der Waals surface area contributed by atoms with Crippen molar-refractivity contribution in [3.05, 3.63) is 11.9 Å². The topological polar surface area (TPSA) is 49.8 Å². The monoisotopic (exact) mass is 264 g/mol. The van der Waals surface area contributed by atoms with Crippen LogP contribution in [0.1, 0.15) is 52.0 Å². The van der Waals surface area contributed by atoms with Crippen LogP contribution in [-0.4, -0.2) is 23.6 Å². The second kappa shape index (κ2) is 8.73. The van der Waals surface area contributed by atoms with Crippen molar-refractivity contribution >= 4 is 11.6 Å². The number of nitrogens with zero attached hydrogens (tertiary/aromatic N) is 2. The molecule has 1 aromatic heterocycles. The molecular weight excluding hydrogens is 236 g/mol. The summed E-state index contributed by atoms with van der Waals surface area (Å²) >= 11 is 0. The zero-order valence-electron chi connectivity index (χ0n) is 12.8. The second-order valence-electron chi connectivity index (χ2n) is 5.37. The fourth-order valence-corrected chi connectivity index (χ4v) is 2.15. The minimum Gasteiger partial charge on any atom is -0.373 e. The van der Waals surface area contributed by atoms with Crippen molar-refractivity contribution in [3.63, 3.8) is 0 Å². The van der Waals surface area contributed by atoms with E-state index in [1.165, 1.54) is 24.8 Å². The van der Waals surface area contributed by atoms with Crippen LogP contribution < -0.4 is 10.6 Å². The van der Waals surface area contributed by atoms with Crippen molar-refractivity contribution in [2.75, 3.05) is 24.2 Å². The molecule has 4 heteroatoms. The molecule has 1 rings (SSSR count). The van der Waals surface area contributed by atoms with Gasteiger partial charge in [0.1, 0.15) is 18.0 Å². The van der Waals surface area contributed by atoms with Gasteiger partial charge in [-0.25, -0.2) is 9.97 Å². The molecule has 0 radical (unpaired) electrons. The molecule has 0 aliphatic carbocycles. The molecule has 0 aliphatic heterocycles. The van der Waals surface area contributed by atoms with Crippen LogP contribution in [-0.2, 0) is 6.42 Å². The van der Waals surface area contributed by atoms with Crippen molar-refractivity contribution in [1.29, 1.82) is 0 Å². The van der Waals surface area contributed by atoms with E-state index in [9.17, 15) is 0 Å². The van der Waals surface area contributed by atoms with Crippen LogP contribution >= 0.6 is 0 Å². The Kier molecular flexibility index (Phi) is 7.23. The van der Waals surface area contributed by atoms with Gasteiger partial charge in [0, 0.05) is 19.2 Å². The van der Waals surface area contributed by atoms with Crippen molar-refractivity contribution in [2.45, 2.75) is 52.9 Å². The van der Waals surface area contributed by atoms with Crippen LogP contribution in [0.5, 0.6) is 0 Å². The third-order valence-corrected chi connectivity index (χ3v) is 3.18. The maximum atomic E-state index is 4.38. The van der Waals surface area contributed by atoms with E-state index >= 15 is 0 Å². The van der Waals surface area contributed by atoms with Gasteiger partial charge in [0.2, 0.25) is 0 Å². The van der Waals surface area contributed by atoms with Crippen molar-refractivity contribution in [3.8, 4) is 0 Å². The summed E-state index contributed by atoms with van der Waals surface area (Å²) < 4.78 is 0. The normalized spacial score (nSPS) is 10.8. The lowest BCUT2D eigenvalue weighted by Gasteiger charge is -2.13. The Morgan fingerprint density at radius 1 is 1.16 bits per heavy atom. The highest BCUT2D eigenvalue weighted by Gasteiger charge is 2.08. The Balaban J connectivity index is 2.52. The molecule has 0 saturated carbocycles. The van der Waals surface area contributed by atoms with Gasteiger partial charge >= 0.3 is 0 Å². The van der Waals surface area contributed by atoms with E-state index in [1.54, 1.807) is 6.33 Å². The summed E-state index contributed by atoms with van der Waals surface area (Å²) in [7, 11) is 1.91. The average molecular weight is 264 g/mol. The first-order valence-corrected chi connectivity index (χ1v) is 7.44. The van der Waals surface area contributed by atoms with E-state index in [2.05, 4.69) is 41.4 Å². The molecule has 1 heterocycles. The molecule has 0 bridgehead atoms. The first kappa shape index (κ1) is 15.7. The van der Waals surface area contributed by atoms with Crippen molar-refractivity contribution < 1.29 is 0 Å². The molecule has 108 valence electrons. The number of anilines is 2. The van der Waals surface area contributed by atoms with E-state index in [1.807, 2.05) is 7.05 Å². The van der Waals surface area contributed by atoms with Gasteiger partial charge in [0.25, 0.3) is 0 Å². The number of nitrogens with one attached hydrogen (secondary N) is 2. The lowest BCUT2D eigenvalue weighted by Crippen LogP contribution is -2.09. The average Bonchev–Trinajstić information content (AvgIpc) is 2.39. The summed E-state index contributed by atoms with van der Waals surface area (Å²) in [6.07, 6.45) is 7.51. The van der Waals surface area contributed by atoms with Crippen LogP contribution in [0.15, 0.2) is 6.33 Å². The van der Waals surface area contributed by atoms with Crippen molar-refractivity contribution in [1.82, 2.24) is 9.97 Å². The van der Waals surface area contributed by atoms with E-state index in [0.29, 0.717) is 0 Å². The summed E-state index contributed by atoms with van der Waals surface area (Å²) in [6, 6.07) is 0. The van der Waals surface area contributed by atoms with E-state index < -0.39 is 0 Å². The lowest BCUT2D eigenvalue weighted by molar-refractivity contribution is 0.544. The Hall–Kier alpha value is -1.32. The molecule has 0 spiro atoms. The largest absolute Gasteiger partial charge is 0.373 e. The lowest BCUT2D eigenvalue weighted by atomic mass is 10.1. The fraction of sp³-hybridized carbons (Fsp3) is 0.733. The SMILES string of the molecule is CCCc1c(NC)ncnc1NCCCCC(C)C. The predicted molar refractivity (Wildman–Crippen MR) is 82.8 cm³/mol. The molecule has 19 heavy (non-hydrogen) atoms. The Bertz CT molecular complexity index is 363. The highest BCUT2D eigenvalue weighted by Crippen LogP contribution is 2.21. The first-order valence-electron chi connectivity index (χ1n) is 7.44. The molecule has 0 atom stereocenters. The van der Waals surface area contributed by atoms with Crippen LogP contribution in [0, 0.1) is 5.92 Å². The predicted octanol–water partition coefficient (Wildman–Crippen LogP) is 3.71. The molecule has 0 aliphatic rings. The molecule has 0 amide bonds. The summed E-state index contributed by atoms with van der Waals surface area (Å²) in [4.78, 5) is 8.66. The molecule has 0 aromatic carbocycles. The first-order chi connectivity index (χ1) is 9.19. The number of rotatable bonds is 9. The number of aromatic nitrogens is 2. The molecule has 0 fully saturated rings. The van der Waals surface area contributed by atoms with Gasteiger partial charge in [-0.1, -0.05) is 40.0 Å². The Morgan fingerprint density at radius 3 is 2.53 bits per heavy atom. The second-order valence-corrected chi connectivity index (χ2v) is 5.37. The molecule has 1 aromatic rings. The standard InChI is InChI=1S/C15H28N4/c1-5-8-13-14(16-4)18-11-19-15(13)17-10-7-6-9-12(2)3/h11-12H,5-10H2,1-4H3,(H2,16,17,18,19). The van der Waals surface area contributed by atoms with Gasteiger partial charge in [-0.05, 0) is 18.8 Å². The molecular formula is C15H28N4. The van der Waals surface area contributed by atoms with Crippen LogP contribution in [0.3, 0.4) is 0 Å². The third kappa shape index (κ3) is 5.45. The van der Waals surface area contributed by atoms with Gasteiger partial charge in [-0.2, -0.15) is 0 Å². The van der Waals surface area contributed by atoms with E-state index in [0.717, 1.165) is 36.9 Å². The quantitative estimate of drug-likeness (QED) is 0.668. The van der Waals surface area contributed by atoms with Crippen LogP contribution in [0.25, 0.3) is 0 Å². The van der Waals surface area contributed by atoms with E-state index in [-0.39, 0.29) is 0 Å². The molecule has 4 nitrogen and oxygen atoms in total. The Labute approximate surface area is 117 Å². The summed E-state index contributed by atoms with van der Waals surface area (Å²) in [5.74, 6) is 2.73. The zero-order valence-corrected chi connectivity index (χ0v) is 12.8. The summed E-state index contributed by atoms with van der Waals surface area (Å²) in [5, 5.41) is 6.60.